The van der Waals surface area contributed by atoms with Crippen molar-refractivity contribution in [1.82, 2.24) is 0 Å². The topological polar surface area (TPSA) is 85.6 Å². The zero-order valence-electron chi connectivity index (χ0n) is 16.1. The molecular formula is C23H17NO5S. The van der Waals surface area contributed by atoms with E-state index in [0.29, 0.717) is 21.5 Å². The van der Waals surface area contributed by atoms with Gasteiger partial charge in [0, 0.05) is 10.3 Å². The second-order valence-corrected chi connectivity index (χ2v) is 8.26. The fraction of sp³-hybridized carbons (Fsp3) is 0.174. The Hall–Kier alpha value is -3.45. The average molecular weight is 419 g/mol. The Morgan fingerprint density at radius 1 is 1.10 bits per heavy atom. The molecule has 1 aliphatic rings. The summed E-state index contributed by atoms with van der Waals surface area (Å²) < 4.78 is 10.3. The summed E-state index contributed by atoms with van der Waals surface area (Å²) in [6.45, 7) is 0. The summed E-state index contributed by atoms with van der Waals surface area (Å²) in [5.41, 5.74) is 0.903. The lowest BCUT2D eigenvalue weighted by molar-refractivity contribution is 0.0601. The number of benzene rings is 2. The van der Waals surface area contributed by atoms with Crippen LogP contribution in [-0.4, -0.2) is 19.0 Å². The lowest BCUT2D eigenvalue weighted by Crippen LogP contribution is -2.21. The van der Waals surface area contributed by atoms with Crippen molar-refractivity contribution < 1.29 is 18.7 Å². The van der Waals surface area contributed by atoms with Crippen molar-refractivity contribution in [3.63, 3.8) is 0 Å². The molecule has 0 radical (unpaired) electrons. The molecule has 150 valence electrons. The van der Waals surface area contributed by atoms with Crippen LogP contribution in [0.3, 0.4) is 0 Å². The third kappa shape index (κ3) is 2.90. The summed E-state index contributed by atoms with van der Waals surface area (Å²) >= 11 is 1.36. The van der Waals surface area contributed by atoms with Gasteiger partial charge in [-0.3, -0.25) is 4.79 Å². The number of aryl methyl sites for hydroxylation is 1. The number of hydrogen-bond donors (Lipinski definition) is 1. The molecule has 30 heavy (non-hydrogen) atoms. The van der Waals surface area contributed by atoms with Gasteiger partial charge in [0.25, 0.3) is 5.91 Å². The Bertz CT molecular complexity index is 1400. The Morgan fingerprint density at radius 2 is 1.93 bits per heavy atom. The minimum absolute atomic E-state index is 0.108. The Balaban J connectivity index is 1.59. The van der Waals surface area contributed by atoms with Gasteiger partial charge in [-0.15, -0.1) is 11.3 Å². The van der Waals surface area contributed by atoms with Crippen LogP contribution in [0.5, 0.6) is 0 Å². The summed E-state index contributed by atoms with van der Waals surface area (Å²) in [7, 11) is 1.32. The molecule has 0 saturated heterocycles. The molecular weight excluding hydrogens is 402 g/mol. The number of amides is 1. The van der Waals surface area contributed by atoms with E-state index >= 15 is 0 Å². The molecule has 2 aromatic heterocycles. The molecule has 5 rings (SSSR count). The van der Waals surface area contributed by atoms with E-state index in [0.717, 1.165) is 40.5 Å². The molecule has 0 atom stereocenters. The molecule has 4 aromatic rings. The standard InChI is InChI=1S/C23H17NO5S/c1-28-23(27)19-14-7-4-8-18(14)30-21(19)24-20(25)16-11-15-13-6-3-2-5-12(13)9-10-17(15)29-22(16)26/h2-3,5-6,9-11H,4,7-8H2,1H3,(H,24,25). The van der Waals surface area contributed by atoms with Crippen LogP contribution in [0.1, 0.15) is 37.6 Å². The van der Waals surface area contributed by atoms with Crippen molar-refractivity contribution in [2.24, 2.45) is 0 Å². The number of hydrogen-bond acceptors (Lipinski definition) is 6. The molecule has 7 heteroatoms. The number of esters is 1. The van der Waals surface area contributed by atoms with Crippen molar-refractivity contribution in [1.29, 1.82) is 0 Å². The molecule has 1 N–H and O–H groups in total. The van der Waals surface area contributed by atoms with Crippen molar-refractivity contribution in [3.8, 4) is 0 Å². The first-order valence-corrected chi connectivity index (χ1v) is 10.4. The van der Waals surface area contributed by atoms with E-state index in [2.05, 4.69) is 5.32 Å². The molecule has 1 amide bonds. The quantitative estimate of drug-likeness (QED) is 0.299. The van der Waals surface area contributed by atoms with E-state index in [9.17, 15) is 14.4 Å². The van der Waals surface area contributed by atoms with Crippen LogP contribution in [0.4, 0.5) is 5.00 Å². The fourth-order valence-electron chi connectivity index (χ4n) is 4.01. The van der Waals surface area contributed by atoms with Crippen LogP contribution in [-0.2, 0) is 17.6 Å². The van der Waals surface area contributed by atoms with Gasteiger partial charge in [0.1, 0.15) is 16.1 Å². The van der Waals surface area contributed by atoms with Crippen LogP contribution >= 0.6 is 11.3 Å². The van der Waals surface area contributed by atoms with Gasteiger partial charge in [0.2, 0.25) is 0 Å². The summed E-state index contributed by atoms with van der Waals surface area (Å²) in [6.07, 6.45) is 2.61. The highest BCUT2D eigenvalue weighted by atomic mass is 32.1. The van der Waals surface area contributed by atoms with Crippen LogP contribution in [0.2, 0.25) is 0 Å². The van der Waals surface area contributed by atoms with Crippen LogP contribution in [0.25, 0.3) is 21.7 Å². The zero-order chi connectivity index (χ0) is 20.8. The van der Waals surface area contributed by atoms with Gasteiger partial charge >= 0.3 is 11.6 Å². The van der Waals surface area contributed by atoms with Crippen molar-refractivity contribution in [2.75, 3.05) is 12.4 Å². The van der Waals surface area contributed by atoms with Gasteiger partial charge in [-0.2, -0.15) is 0 Å². The third-order valence-corrected chi connectivity index (χ3v) is 6.63. The highest BCUT2D eigenvalue weighted by Gasteiger charge is 2.28. The summed E-state index contributed by atoms with van der Waals surface area (Å²) in [5, 5.41) is 5.70. The number of nitrogens with one attached hydrogen (secondary N) is 1. The Kier molecular flexibility index (Phi) is 4.40. The van der Waals surface area contributed by atoms with Gasteiger partial charge in [-0.05, 0) is 47.7 Å². The lowest BCUT2D eigenvalue weighted by atomic mass is 10.0. The lowest BCUT2D eigenvalue weighted by Gasteiger charge is -2.08. The Morgan fingerprint density at radius 3 is 2.77 bits per heavy atom. The molecule has 2 heterocycles. The summed E-state index contributed by atoms with van der Waals surface area (Å²) in [5.74, 6) is -1.09. The van der Waals surface area contributed by atoms with Crippen molar-refractivity contribution in [2.45, 2.75) is 19.3 Å². The maximum absolute atomic E-state index is 13.0. The number of carbonyl (C=O) groups excluding carboxylic acids is 2. The van der Waals surface area contributed by atoms with E-state index < -0.39 is 17.5 Å². The SMILES string of the molecule is COC(=O)c1c(NC(=O)c2cc3c(ccc4ccccc43)oc2=O)sc2c1CCC2. The molecule has 0 aliphatic heterocycles. The van der Waals surface area contributed by atoms with Gasteiger partial charge in [-0.1, -0.05) is 30.3 Å². The third-order valence-electron chi connectivity index (χ3n) is 5.42. The average Bonchev–Trinajstić information content (AvgIpc) is 3.33. The van der Waals surface area contributed by atoms with E-state index in [4.69, 9.17) is 9.15 Å². The number of carbonyl (C=O) groups is 2. The number of methoxy groups -OCH3 is 1. The van der Waals surface area contributed by atoms with Gasteiger partial charge in [0.15, 0.2) is 0 Å². The zero-order valence-corrected chi connectivity index (χ0v) is 16.9. The molecule has 0 spiro atoms. The number of anilines is 1. The fourth-order valence-corrected chi connectivity index (χ4v) is 5.28. The van der Waals surface area contributed by atoms with Crippen LogP contribution in [0.15, 0.2) is 51.7 Å². The minimum Gasteiger partial charge on any atom is -0.465 e. The molecule has 0 saturated carbocycles. The highest BCUT2D eigenvalue weighted by Crippen LogP contribution is 2.39. The first-order chi connectivity index (χ1) is 14.6. The van der Waals surface area contributed by atoms with Crippen LogP contribution < -0.4 is 10.9 Å². The first-order valence-electron chi connectivity index (χ1n) is 9.56. The number of fused-ring (bicyclic) bond motifs is 4. The summed E-state index contributed by atoms with van der Waals surface area (Å²) in [6, 6.07) is 12.8. The van der Waals surface area contributed by atoms with Crippen molar-refractivity contribution >= 4 is 50.0 Å². The van der Waals surface area contributed by atoms with E-state index in [1.165, 1.54) is 18.4 Å². The molecule has 0 bridgehead atoms. The van der Waals surface area contributed by atoms with Gasteiger partial charge in [0.05, 0.1) is 12.7 Å². The predicted molar refractivity (Wildman–Crippen MR) is 116 cm³/mol. The van der Waals surface area contributed by atoms with E-state index in [1.54, 1.807) is 12.1 Å². The molecule has 0 fully saturated rings. The largest absolute Gasteiger partial charge is 0.465 e. The molecule has 2 aromatic carbocycles. The van der Waals surface area contributed by atoms with Crippen LogP contribution in [0, 0.1) is 0 Å². The second kappa shape index (κ2) is 7.11. The van der Waals surface area contributed by atoms with E-state index in [-0.39, 0.29) is 5.56 Å². The number of rotatable bonds is 3. The minimum atomic E-state index is -0.723. The smallest absolute Gasteiger partial charge is 0.349 e. The maximum atomic E-state index is 13.0. The Labute approximate surface area is 175 Å². The molecule has 1 aliphatic carbocycles. The van der Waals surface area contributed by atoms with Gasteiger partial charge < -0.3 is 14.5 Å². The van der Waals surface area contributed by atoms with Gasteiger partial charge in [-0.25, -0.2) is 9.59 Å². The number of ether oxygens (including phenoxy) is 1. The highest BCUT2D eigenvalue weighted by molar-refractivity contribution is 7.17. The van der Waals surface area contributed by atoms with Crippen molar-refractivity contribution in [3.05, 3.63) is 74.5 Å². The summed E-state index contributed by atoms with van der Waals surface area (Å²) in [4.78, 5) is 38.9. The molecule has 6 nitrogen and oxygen atoms in total. The second-order valence-electron chi connectivity index (χ2n) is 7.15. The monoisotopic (exact) mass is 419 g/mol. The first kappa shape index (κ1) is 18.6. The molecule has 0 unspecified atom stereocenters. The van der Waals surface area contributed by atoms with E-state index in [1.807, 2.05) is 30.3 Å². The number of thiophene rings is 1. The predicted octanol–water partition coefficient (Wildman–Crippen LogP) is 4.54. The maximum Gasteiger partial charge on any atom is 0.349 e. The normalized spacial score (nSPS) is 12.8.